The molecule has 3 aromatic rings. The Balaban J connectivity index is 1.56. The summed E-state index contributed by atoms with van der Waals surface area (Å²) < 4.78 is 10.3. The van der Waals surface area contributed by atoms with Gasteiger partial charge in [0.05, 0.1) is 12.0 Å². The molecular formula is C14H14N4O3. The van der Waals surface area contributed by atoms with Crippen LogP contribution in [0.2, 0.25) is 0 Å². The molecular weight excluding hydrogens is 272 g/mol. The van der Waals surface area contributed by atoms with Crippen LogP contribution < -0.4 is 5.32 Å². The van der Waals surface area contributed by atoms with E-state index in [1.54, 1.807) is 24.5 Å². The minimum Gasteiger partial charge on any atom is -0.463 e. The minimum atomic E-state index is -0.250. The molecule has 0 aromatic carbocycles. The standard InChI is InChI=1S/C14H14N4O3/c1-9-7-10(21-18-9)4-5-15-14(19)12-8-11(16-17-12)13-3-2-6-20-13/h2-3,6-8H,4-5H2,1H3,(H,15,19)(H,16,17). The molecule has 3 heterocycles. The number of nitrogens with one attached hydrogen (secondary N) is 2. The number of hydrogen-bond donors (Lipinski definition) is 2. The predicted molar refractivity (Wildman–Crippen MR) is 73.6 cm³/mol. The van der Waals surface area contributed by atoms with Gasteiger partial charge in [-0.2, -0.15) is 5.10 Å². The van der Waals surface area contributed by atoms with Crippen LogP contribution in [0.15, 0.2) is 39.5 Å². The molecule has 2 N–H and O–H groups in total. The topological polar surface area (TPSA) is 97.0 Å². The van der Waals surface area contributed by atoms with E-state index < -0.39 is 0 Å². The van der Waals surface area contributed by atoms with Gasteiger partial charge in [0.1, 0.15) is 11.5 Å². The molecule has 0 radical (unpaired) electrons. The highest BCUT2D eigenvalue weighted by atomic mass is 16.5. The Morgan fingerprint density at radius 3 is 3.05 bits per heavy atom. The zero-order valence-electron chi connectivity index (χ0n) is 11.4. The lowest BCUT2D eigenvalue weighted by molar-refractivity contribution is 0.0948. The highest BCUT2D eigenvalue weighted by Gasteiger charge is 2.12. The third kappa shape index (κ3) is 3.02. The van der Waals surface area contributed by atoms with Gasteiger partial charge < -0.3 is 14.3 Å². The average molecular weight is 286 g/mol. The van der Waals surface area contributed by atoms with Crippen molar-refractivity contribution in [2.24, 2.45) is 0 Å². The van der Waals surface area contributed by atoms with Crippen molar-refractivity contribution in [3.05, 3.63) is 47.7 Å². The van der Waals surface area contributed by atoms with Crippen molar-refractivity contribution in [3.63, 3.8) is 0 Å². The summed E-state index contributed by atoms with van der Waals surface area (Å²) in [6.45, 7) is 2.31. The van der Waals surface area contributed by atoms with Crippen LogP contribution in [0.3, 0.4) is 0 Å². The van der Waals surface area contributed by atoms with E-state index in [9.17, 15) is 4.79 Å². The number of carbonyl (C=O) groups excluding carboxylic acids is 1. The van der Waals surface area contributed by atoms with Gasteiger partial charge in [0.2, 0.25) is 0 Å². The summed E-state index contributed by atoms with van der Waals surface area (Å²) in [7, 11) is 0. The number of aromatic nitrogens is 3. The molecule has 0 unspecified atom stereocenters. The maximum Gasteiger partial charge on any atom is 0.271 e. The second kappa shape index (κ2) is 5.66. The second-order valence-corrected chi connectivity index (χ2v) is 4.58. The normalized spacial score (nSPS) is 10.7. The van der Waals surface area contributed by atoms with E-state index >= 15 is 0 Å². The zero-order valence-corrected chi connectivity index (χ0v) is 11.4. The lowest BCUT2D eigenvalue weighted by Crippen LogP contribution is -2.25. The summed E-state index contributed by atoms with van der Waals surface area (Å²) in [5, 5.41) is 13.3. The Hall–Kier alpha value is -2.83. The number of aromatic amines is 1. The van der Waals surface area contributed by atoms with E-state index in [0.717, 1.165) is 11.5 Å². The third-order valence-corrected chi connectivity index (χ3v) is 2.93. The number of amides is 1. The molecule has 0 bridgehead atoms. The average Bonchev–Trinajstić information content (AvgIpc) is 3.19. The number of aryl methyl sites for hydroxylation is 1. The quantitative estimate of drug-likeness (QED) is 0.747. The number of nitrogens with zero attached hydrogens (tertiary/aromatic N) is 2. The first-order chi connectivity index (χ1) is 10.2. The van der Waals surface area contributed by atoms with Crippen molar-refractivity contribution < 1.29 is 13.7 Å². The van der Waals surface area contributed by atoms with Gasteiger partial charge in [0.15, 0.2) is 11.5 Å². The van der Waals surface area contributed by atoms with Crippen LogP contribution in [0.5, 0.6) is 0 Å². The third-order valence-electron chi connectivity index (χ3n) is 2.93. The van der Waals surface area contributed by atoms with Gasteiger partial charge in [-0.15, -0.1) is 0 Å². The van der Waals surface area contributed by atoms with Gasteiger partial charge in [-0.3, -0.25) is 9.89 Å². The molecule has 1 amide bonds. The molecule has 0 aliphatic carbocycles. The molecule has 0 saturated heterocycles. The van der Waals surface area contributed by atoms with Crippen LogP contribution in [-0.2, 0) is 6.42 Å². The van der Waals surface area contributed by atoms with Crippen molar-refractivity contribution in [3.8, 4) is 11.5 Å². The summed E-state index contributed by atoms with van der Waals surface area (Å²) in [6.07, 6.45) is 2.15. The van der Waals surface area contributed by atoms with E-state index in [1.807, 2.05) is 13.0 Å². The summed E-state index contributed by atoms with van der Waals surface area (Å²) in [6, 6.07) is 7.05. The summed E-state index contributed by atoms with van der Waals surface area (Å²) in [5.74, 6) is 1.13. The summed E-state index contributed by atoms with van der Waals surface area (Å²) in [5.41, 5.74) is 1.80. The molecule has 0 saturated carbocycles. The zero-order chi connectivity index (χ0) is 14.7. The number of carbonyl (C=O) groups is 1. The van der Waals surface area contributed by atoms with E-state index in [0.29, 0.717) is 30.1 Å². The first-order valence-corrected chi connectivity index (χ1v) is 6.52. The molecule has 3 rings (SSSR count). The van der Waals surface area contributed by atoms with Gasteiger partial charge in [-0.05, 0) is 19.1 Å². The van der Waals surface area contributed by atoms with Gasteiger partial charge in [-0.1, -0.05) is 5.16 Å². The molecule has 3 aromatic heterocycles. The molecule has 0 atom stereocenters. The van der Waals surface area contributed by atoms with Crippen LogP contribution in [0, 0.1) is 6.92 Å². The van der Waals surface area contributed by atoms with Gasteiger partial charge in [-0.25, -0.2) is 0 Å². The Bertz CT molecular complexity index is 727. The predicted octanol–water partition coefficient (Wildman–Crippen LogP) is 1.94. The van der Waals surface area contributed by atoms with Gasteiger partial charge in [0.25, 0.3) is 5.91 Å². The summed E-state index contributed by atoms with van der Waals surface area (Å²) >= 11 is 0. The molecule has 0 spiro atoms. The monoisotopic (exact) mass is 286 g/mol. The van der Waals surface area contributed by atoms with Crippen molar-refractivity contribution >= 4 is 5.91 Å². The molecule has 0 aliphatic heterocycles. The Morgan fingerprint density at radius 2 is 2.33 bits per heavy atom. The smallest absolute Gasteiger partial charge is 0.271 e. The van der Waals surface area contributed by atoms with Gasteiger partial charge >= 0.3 is 0 Å². The first-order valence-electron chi connectivity index (χ1n) is 6.52. The largest absolute Gasteiger partial charge is 0.463 e. The molecule has 108 valence electrons. The Kier molecular flexibility index (Phi) is 3.55. The lowest BCUT2D eigenvalue weighted by Gasteiger charge is -1.99. The molecule has 7 nitrogen and oxygen atoms in total. The van der Waals surface area contributed by atoms with Gasteiger partial charge in [0, 0.05) is 25.1 Å². The van der Waals surface area contributed by atoms with Crippen LogP contribution in [0.1, 0.15) is 21.9 Å². The number of hydrogen-bond acceptors (Lipinski definition) is 5. The Labute approximate surface area is 120 Å². The van der Waals surface area contributed by atoms with E-state index in [4.69, 9.17) is 8.94 Å². The fourth-order valence-electron chi connectivity index (χ4n) is 1.92. The van der Waals surface area contributed by atoms with Crippen molar-refractivity contribution in [2.75, 3.05) is 6.54 Å². The van der Waals surface area contributed by atoms with Crippen LogP contribution >= 0.6 is 0 Å². The van der Waals surface area contributed by atoms with Crippen LogP contribution in [0.25, 0.3) is 11.5 Å². The molecule has 21 heavy (non-hydrogen) atoms. The fourth-order valence-corrected chi connectivity index (χ4v) is 1.92. The fraction of sp³-hybridized carbons (Fsp3) is 0.214. The van der Waals surface area contributed by atoms with Crippen LogP contribution in [0.4, 0.5) is 0 Å². The number of H-pyrrole nitrogens is 1. The van der Waals surface area contributed by atoms with E-state index in [2.05, 4.69) is 20.7 Å². The lowest BCUT2D eigenvalue weighted by atomic mass is 10.2. The van der Waals surface area contributed by atoms with E-state index in [1.165, 1.54) is 0 Å². The summed E-state index contributed by atoms with van der Waals surface area (Å²) in [4.78, 5) is 12.0. The maximum atomic E-state index is 12.0. The number of rotatable bonds is 5. The molecule has 7 heteroatoms. The van der Waals surface area contributed by atoms with Crippen molar-refractivity contribution in [2.45, 2.75) is 13.3 Å². The first kappa shape index (κ1) is 13.2. The highest BCUT2D eigenvalue weighted by Crippen LogP contribution is 2.17. The SMILES string of the molecule is Cc1cc(CCNC(=O)c2cc(-c3ccco3)[nH]n2)on1. The van der Waals surface area contributed by atoms with E-state index in [-0.39, 0.29) is 5.91 Å². The minimum absolute atomic E-state index is 0.250. The second-order valence-electron chi connectivity index (χ2n) is 4.58. The molecule has 0 fully saturated rings. The maximum absolute atomic E-state index is 12.0. The highest BCUT2D eigenvalue weighted by molar-refractivity contribution is 5.93. The van der Waals surface area contributed by atoms with Crippen molar-refractivity contribution in [1.82, 2.24) is 20.7 Å². The van der Waals surface area contributed by atoms with Crippen molar-refractivity contribution in [1.29, 1.82) is 0 Å². The Morgan fingerprint density at radius 1 is 1.43 bits per heavy atom. The van der Waals surface area contributed by atoms with Crippen LogP contribution in [-0.4, -0.2) is 27.8 Å². The molecule has 0 aliphatic rings. The number of furan rings is 1.